The van der Waals surface area contributed by atoms with Crippen LogP contribution in [0.1, 0.15) is 48.3 Å². The summed E-state index contributed by atoms with van der Waals surface area (Å²) in [7, 11) is 0. The lowest BCUT2D eigenvalue weighted by molar-refractivity contribution is -0.121. The predicted octanol–water partition coefficient (Wildman–Crippen LogP) is 3.47. The number of piperidine rings is 1. The van der Waals surface area contributed by atoms with Crippen LogP contribution < -0.4 is 10.2 Å². The van der Waals surface area contributed by atoms with Crippen molar-refractivity contribution in [2.75, 3.05) is 18.0 Å². The highest BCUT2D eigenvalue weighted by Crippen LogP contribution is 2.29. The van der Waals surface area contributed by atoms with Crippen molar-refractivity contribution < 1.29 is 9.32 Å². The molecule has 0 radical (unpaired) electrons. The maximum atomic E-state index is 12.3. The first-order valence-electron chi connectivity index (χ1n) is 10.3. The normalized spacial score (nSPS) is 14.3. The van der Waals surface area contributed by atoms with Gasteiger partial charge < -0.3 is 14.7 Å². The highest BCUT2D eigenvalue weighted by Gasteiger charge is 2.21. The summed E-state index contributed by atoms with van der Waals surface area (Å²) >= 11 is 0. The predicted molar refractivity (Wildman–Crippen MR) is 112 cm³/mol. The molecule has 29 heavy (non-hydrogen) atoms. The summed E-state index contributed by atoms with van der Waals surface area (Å²) in [5, 5.41) is 7.95. The molecule has 0 aliphatic carbocycles. The standard InChI is InChI=1S/C22H27N5O2/c1-15-8-4-5-9-17(15)14-23-19(28)11-10-18-24-21(27-12-6-3-7-13-27)20-16(2)26-29-22(20)25-18/h4-5,8-9H,3,6-7,10-14H2,1-2H3,(H,23,28). The van der Waals surface area contributed by atoms with Crippen LogP contribution in [0, 0.1) is 13.8 Å². The molecule has 3 heterocycles. The first-order chi connectivity index (χ1) is 14.1. The number of nitrogens with zero attached hydrogens (tertiary/aromatic N) is 4. The van der Waals surface area contributed by atoms with E-state index in [0.717, 1.165) is 48.4 Å². The molecule has 0 atom stereocenters. The Labute approximate surface area is 170 Å². The third-order valence-corrected chi connectivity index (χ3v) is 5.50. The Morgan fingerprint density at radius 2 is 1.93 bits per heavy atom. The van der Waals surface area contributed by atoms with Gasteiger partial charge in [-0.25, -0.2) is 4.98 Å². The zero-order valence-electron chi connectivity index (χ0n) is 17.1. The summed E-state index contributed by atoms with van der Waals surface area (Å²) in [6.45, 7) is 6.46. The number of aromatic nitrogens is 3. The van der Waals surface area contributed by atoms with Gasteiger partial charge in [0.25, 0.3) is 5.71 Å². The molecule has 0 spiro atoms. The minimum Gasteiger partial charge on any atom is -0.356 e. The number of anilines is 1. The van der Waals surface area contributed by atoms with Gasteiger partial charge in [-0.05, 0) is 44.2 Å². The van der Waals surface area contributed by atoms with Gasteiger partial charge in [0.15, 0.2) is 0 Å². The van der Waals surface area contributed by atoms with Gasteiger partial charge >= 0.3 is 0 Å². The number of benzene rings is 1. The lowest BCUT2D eigenvalue weighted by Crippen LogP contribution is -2.31. The van der Waals surface area contributed by atoms with Gasteiger partial charge in [-0.3, -0.25) is 4.79 Å². The summed E-state index contributed by atoms with van der Waals surface area (Å²) < 4.78 is 5.42. The molecule has 7 heteroatoms. The zero-order chi connectivity index (χ0) is 20.2. The first-order valence-corrected chi connectivity index (χ1v) is 10.3. The minimum absolute atomic E-state index is 0.00905. The molecule has 1 aliphatic heterocycles. The summed E-state index contributed by atoms with van der Waals surface area (Å²) in [6.07, 6.45) is 4.38. The van der Waals surface area contributed by atoms with E-state index in [1.807, 2.05) is 38.1 Å². The van der Waals surface area contributed by atoms with Crippen molar-refractivity contribution in [1.82, 2.24) is 20.4 Å². The molecule has 1 saturated heterocycles. The van der Waals surface area contributed by atoms with Crippen molar-refractivity contribution >= 4 is 22.8 Å². The fourth-order valence-corrected chi connectivity index (χ4v) is 3.77. The smallest absolute Gasteiger partial charge is 0.263 e. The average molecular weight is 393 g/mol. The number of rotatable bonds is 6. The van der Waals surface area contributed by atoms with Crippen LogP contribution >= 0.6 is 0 Å². The molecular formula is C22H27N5O2. The van der Waals surface area contributed by atoms with Crippen LogP contribution in [0.5, 0.6) is 0 Å². The zero-order valence-corrected chi connectivity index (χ0v) is 17.1. The van der Waals surface area contributed by atoms with Gasteiger partial charge in [0, 0.05) is 32.5 Å². The van der Waals surface area contributed by atoms with E-state index >= 15 is 0 Å². The summed E-state index contributed by atoms with van der Waals surface area (Å²) in [6, 6.07) is 8.06. The molecule has 0 unspecified atom stereocenters. The number of hydrogen-bond donors (Lipinski definition) is 1. The van der Waals surface area contributed by atoms with E-state index in [-0.39, 0.29) is 5.91 Å². The Kier molecular flexibility index (Phi) is 5.74. The number of fused-ring (bicyclic) bond motifs is 1. The van der Waals surface area contributed by atoms with Crippen LogP contribution in [-0.2, 0) is 17.8 Å². The minimum atomic E-state index is -0.00905. The molecule has 2 aromatic heterocycles. The number of carbonyl (C=O) groups excluding carboxylic acids is 1. The first kappa shape index (κ1) is 19.4. The average Bonchev–Trinajstić information content (AvgIpc) is 3.12. The van der Waals surface area contributed by atoms with Crippen LogP contribution in [0.15, 0.2) is 28.8 Å². The van der Waals surface area contributed by atoms with Gasteiger partial charge in [-0.2, -0.15) is 4.98 Å². The number of carbonyl (C=O) groups is 1. The number of hydrogen-bond acceptors (Lipinski definition) is 6. The van der Waals surface area contributed by atoms with Gasteiger partial charge in [0.05, 0.1) is 5.69 Å². The van der Waals surface area contributed by atoms with Crippen LogP contribution in [0.4, 0.5) is 5.82 Å². The van der Waals surface area contributed by atoms with Crippen molar-refractivity contribution in [3.8, 4) is 0 Å². The second-order valence-corrected chi connectivity index (χ2v) is 7.66. The third kappa shape index (κ3) is 4.39. The fourth-order valence-electron chi connectivity index (χ4n) is 3.77. The number of aryl methyl sites for hydroxylation is 3. The molecule has 0 saturated carbocycles. The van der Waals surface area contributed by atoms with E-state index in [0.29, 0.717) is 30.9 Å². The lowest BCUT2D eigenvalue weighted by Gasteiger charge is -2.28. The number of amides is 1. The Balaban J connectivity index is 1.45. The summed E-state index contributed by atoms with van der Waals surface area (Å²) in [5.74, 6) is 1.51. The van der Waals surface area contributed by atoms with E-state index in [1.54, 1.807) is 0 Å². The second-order valence-electron chi connectivity index (χ2n) is 7.66. The molecule has 1 aromatic carbocycles. The van der Waals surface area contributed by atoms with E-state index in [2.05, 4.69) is 20.4 Å². The summed E-state index contributed by atoms with van der Waals surface area (Å²) in [4.78, 5) is 23.9. The van der Waals surface area contributed by atoms with Gasteiger partial charge in [0.1, 0.15) is 17.0 Å². The molecule has 0 bridgehead atoms. The maximum Gasteiger partial charge on any atom is 0.263 e. The molecule has 1 amide bonds. The van der Waals surface area contributed by atoms with E-state index in [1.165, 1.54) is 12.0 Å². The summed E-state index contributed by atoms with van der Waals surface area (Å²) in [5.41, 5.74) is 3.62. The monoisotopic (exact) mass is 393 g/mol. The van der Waals surface area contributed by atoms with E-state index in [4.69, 9.17) is 9.51 Å². The molecule has 1 aliphatic rings. The third-order valence-electron chi connectivity index (χ3n) is 5.50. The quantitative estimate of drug-likeness (QED) is 0.690. The molecule has 152 valence electrons. The SMILES string of the molecule is Cc1ccccc1CNC(=O)CCc1nc(N2CCCCC2)c2c(C)noc2n1. The van der Waals surface area contributed by atoms with Crippen molar-refractivity contribution in [2.45, 2.75) is 52.5 Å². The maximum absolute atomic E-state index is 12.3. The Hall–Kier alpha value is -2.96. The van der Waals surface area contributed by atoms with Gasteiger partial charge in [-0.15, -0.1) is 0 Å². The fraction of sp³-hybridized carbons (Fsp3) is 0.455. The molecule has 3 aromatic rings. The largest absolute Gasteiger partial charge is 0.356 e. The Morgan fingerprint density at radius 1 is 1.14 bits per heavy atom. The van der Waals surface area contributed by atoms with Gasteiger partial charge in [-0.1, -0.05) is 29.4 Å². The van der Waals surface area contributed by atoms with Crippen LogP contribution in [0.3, 0.4) is 0 Å². The van der Waals surface area contributed by atoms with E-state index < -0.39 is 0 Å². The highest BCUT2D eigenvalue weighted by atomic mass is 16.5. The Morgan fingerprint density at radius 3 is 2.72 bits per heavy atom. The van der Waals surface area contributed by atoms with Crippen LogP contribution in [0.25, 0.3) is 11.1 Å². The molecule has 1 fully saturated rings. The second kappa shape index (κ2) is 8.59. The molecule has 7 nitrogen and oxygen atoms in total. The number of nitrogens with one attached hydrogen (secondary N) is 1. The highest BCUT2D eigenvalue weighted by molar-refractivity contribution is 5.88. The molecular weight excluding hydrogens is 366 g/mol. The van der Waals surface area contributed by atoms with Crippen molar-refractivity contribution in [2.24, 2.45) is 0 Å². The van der Waals surface area contributed by atoms with Crippen molar-refractivity contribution in [3.05, 3.63) is 46.9 Å². The van der Waals surface area contributed by atoms with Crippen LogP contribution in [0.2, 0.25) is 0 Å². The molecule has 1 N–H and O–H groups in total. The van der Waals surface area contributed by atoms with Gasteiger partial charge in [0.2, 0.25) is 5.91 Å². The van der Waals surface area contributed by atoms with Crippen molar-refractivity contribution in [1.29, 1.82) is 0 Å². The Bertz CT molecular complexity index is 1010. The topological polar surface area (TPSA) is 84.2 Å². The lowest BCUT2D eigenvalue weighted by atomic mass is 10.1. The van der Waals surface area contributed by atoms with Crippen LogP contribution in [-0.4, -0.2) is 34.1 Å². The van der Waals surface area contributed by atoms with Crippen molar-refractivity contribution in [3.63, 3.8) is 0 Å². The van der Waals surface area contributed by atoms with E-state index in [9.17, 15) is 4.79 Å². The molecule has 4 rings (SSSR count).